The van der Waals surface area contributed by atoms with Gasteiger partial charge in [-0.05, 0) is 53.2 Å². The number of carbonyl (C=O) groups is 1. The van der Waals surface area contributed by atoms with E-state index in [0.29, 0.717) is 18.0 Å². The summed E-state index contributed by atoms with van der Waals surface area (Å²) in [5, 5.41) is 13.4. The van der Waals surface area contributed by atoms with Gasteiger partial charge in [-0.15, -0.1) is 0 Å². The fourth-order valence-electron chi connectivity index (χ4n) is 2.96. The summed E-state index contributed by atoms with van der Waals surface area (Å²) < 4.78 is 0.821. The van der Waals surface area contributed by atoms with Crippen LogP contribution < -0.4 is 5.32 Å². The molecule has 1 amide bonds. The lowest BCUT2D eigenvalue weighted by Crippen LogP contribution is -2.45. The van der Waals surface area contributed by atoms with Gasteiger partial charge in [-0.2, -0.15) is 0 Å². The molecule has 1 aliphatic rings. The number of aryl methyl sites for hydroxylation is 1. The number of hydrogen-bond donors (Lipinski definition) is 2. The Hall–Kier alpha value is -0.870. The van der Waals surface area contributed by atoms with Gasteiger partial charge in [0, 0.05) is 11.0 Å². The maximum Gasteiger partial charge on any atom is 0.252 e. The Kier molecular flexibility index (Phi) is 4.86. The zero-order chi connectivity index (χ0) is 14.8. The summed E-state index contributed by atoms with van der Waals surface area (Å²) in [4.78, 5) is 12.2. The fourth-order valence-corrected chi connectivity index (χ4v) is 3.40. The molecule has 2 atom stereocenters. The maximum absolute atomic E-state index is 12.2. The van der Waals surface area contributed by atoms with E-state index in [-0.39, 0.29) is 5.91 Å². The lowest BCUT2D eigenvalue weighted by Gasteiger charge is -2.35. The number of carbonyl (C=O) groups excluding carboxylic acids is 1. The summed E-state index contributed by atoms with van der Waals surface area (Å²) in [5.74, 6) is 0.392. The summed E-state index contributed by atoms with van der Waals surface area (Å²) in [7, 11) is 0. The maximum atomic E-state index is 12.2. The predicted molar refractivity (Wildman–Crippen MR) is 83.8 cm³/mol. The molecule has 0 bridgehead atoms. The Bertz CT molecular complexity index is 503. The van der Waals surface area contributed by atoms with E-state index in [9.17, 15) is 9.90 Å². The minimum absolute atomic E-state index is 0.132. The molecular formula is C16H22BrNO2. The fraction of sp³-hybridized carbons (Fsp3) is 0.562. The van der Waals surface area contributed by atoms with Crippen molar-refractivity contribution in [1.82, 2.24) is 5.32 Å². The summed E-state index contributed by atoms with van der Waals surface area (Å²) in [5.41, 5.74) is 0.906. The van der Waals surface area contributed by atoms with Crippen LogP contribution in [0, 0.1) is 12.8 Å². The number of halogens is 1. The first-order valence-corrected chi connectivity index (χ1v) is 7.96. The lowest BCUT2D eigenvalue weighted by molar-refractivity contribution is -0.0109. The van der Waals surface area contributed by atoms with Gasteiger partial charge < -0.3 is 10.4 Å². The van der Waals surface area contributed by atoms with Gasteiger partial charge in [-0.25, -0.2) is 0 Å². The van der Waals surface area contributed by atoms with Crippen molar-refractivity contribution in [3.05, 3.63) is 33.8 Å². The first kappa shape index (κ1) is 15.5. The van der Waals surface area contributed by atoms with Crippen LogP contribution in [0.4, 0.5) is 0 Å². The van der Waals surface area contributed by atoms with Crippen LogP contribution in [0.5, 0.6) is 0 Å². The molecule has 1 aliphatic carbocycles. The number of amides is 1. The molecule has 3 nitrogen and oxygen atoms in total. The molecule has 0 aliphatic heterocycles. The SMILES string of the molecule is Cc1cccc(C(=O)NCC2(O)CCCC(C)C2)c1Br. The van der Waals surface area contributed by atoms with Gasteiger partial charge >= 0.3 is 0 Å². The van der Waals surface area contributed by atoms with Crippen molar-refractivity contribution < 1.29 is 9.90 Å². The molecule has 2 unspecified atom stereocenters. The van der Waals surface area contributed by atoms with Gasteiger partial charge in [0.05, 0.1) is 11.2 Å². The molecule has 1 aromatic carbocycles. The van der Waals surface area contributed by atoms with Crippen LogP contribution in [-0.2, 0) is 0 Å². The molecule has 1 fully saturated rings. The summed E-state index contributed by atoms with van der Waals surface area (Å²) >= 11 is 3.45. The highest BCUT2D eigenvalue weighted by molar-refractivity contribution is 9.10. The number of benzene rings is 1. The van der Waals surface area contributed by atoms with Crippen molar-refractivity contribution in [1.29, 1.82) is 0 Å². The van der Waals surface area contributed by atoms with Gasteiger partial charge in [0.25, 0.3) is 5.91 Å². The Morgan fingerprint density at radius 1 is 1.55 bits per heavy atom. The molecule has 1 saturated carbocycles. The zero-order valence-electron chi connectivity index (χ0n) is 12.1. The van der Waals surface area contributed by atoms with Gasteiger partial charge in [-0.1, -0.05) is 31.9 Å². The molecule has 4 heteroatoms. The highest BCUT2D eigenvalue weighted by atomic mass is 79.9. The molecule has 2 rings (SSSR count). The molecule has 20 heavy (non-hydrogen) atoms. The van der Waals surface area contributed by atoms with Crippen LogP contribution in [0.1, 0.15) is 48.5 Å². The number of aliphatic hydroxyl groups is 1. The molecule has 2 N–H and O–H groups in total. The number of nitrogens with one attached hydrogen (secondary N) is 1. The molecule has 0 spiro atoms. The average molecular weight is 340 g/mol. The zero-order valence-corrected chi connectivity index (χ0v) is 13.7. The van der Waals surface area contributed by atoms with Crippen molar-refractivity contribution in [2.75, 3.05) is 6.54 Å². The van der Waals surface area contributed by atoms with Crippen LogP contribution in [0.2, 0.25) is 0 Å². The van der Waals surface area contributed by atoms with Gasteiger partial charge in [0.2, 0.25) is 0 Å². The predicted octanol–water partition coefficient (Wildman–Crippen LogP) is 3.43. The van der Waals surface area contributed by atoms with E-state index >= 15 is 0 Å². The van der Waals surface area contributed by atoms with Crippen molar-refractivity contribution >= 4 is 21.8 Å². The van der Waals surface area contributed by atoms with E-state index in [1.165, 1.54) is 6.42 Å². The highest BCUT2D eigenvalue weighted by Crippen LogP contribution is 2.31. The Morgan fingerprint density at radius 3 is 3.00 bits per heavy atom. The Morgan fingerprint density at radius 2 is 2.30 bits per heavy atom. The first-order valence-electron chi connectivity index (χ1n) is 7.17. The van der Waals surface area contributed by atoms with E-state index in [1.807, 2.05) is 19.1 Å². The highest BCUT2D eigenvalue weighted by Gasteiger charge is 2.33. The standard InChI is InChI=1S/C16H22BrNO2/c1-11-5-4-8-16(20,9-11)10-18-15(19)13-7-3-6-12(2)14(13)17/h3,6-7,11,20H,4-5,8-10H2,1-2H3,(H,18,19). The summed E-state index contributed by atoms with van der Waals surface area (Å²) in [6.07, 6.45) is 3.73. The Labute approximate surface area is 128 Å². The van der Waals surface area contributed by atoms with Gasteiger partial charge in [-0.3, -0.25) is 4.79 Å². The van der Waals surface area contributed by atoms with E-state index in [1.54, 1.807) is 6.07 Å². The third kappa shape index (κ3) is 3.61. The molecule has 110 valence electrons. The topological polar surface area (TPSA) is 49.3 Å². The Balaban J connectivity index is 2.00. The minimum atomic E-state index is -0.746. The molecule has 0 radical (unpaired) electrons. The number of hydrogen-bond acceptors (Lipinski definition) is 2. The summed E-state index contributed by atoms with van der Waals surface area (Å²) in [6, 6.07) is 5.61. The monoisotopic (exact) mass is 339 g/mol. The minimum Gasteiger partial charge on any atom is -0.388 e. The first-order chi connectivity index (χ1) is 9.41. The van der Waals surface area contributed by atoms with Crippen LogP contribution in [0.15, 0.2) is 22.7 Å². The van der Waals surface area contributed by atoms with E-state index in [0.717, 1.165) is 29.3 Å². The van der Waals surface area contributed by atoms with E-state index in [2.05, 4.69) is 28.2 Å². The van der Waals surface area contributed by atoms with Crippen LogP contribution >= 0.6 is 15.9 Å². The lowest BCUT2D eigenvalue weighted by atomic mass is 9.79. The average Bonchev–Trinajstić information content (AvgIpc) is 2.39. The smallest absolute Gasteiger partial charge is 0.252 e. The molecule has 1 aromatic rings. The summed E-state index contributed by atoms with van der Waals surface area (Å²) in [6.45, 7) is 4.44. The molecular weight excluding hydrogens is 318 g/mol. The van der Waals surface area contributed by atoms with Crippen LogP contribution in [0.25, 0.3) is 0 Å². The second-order valence-electron chi connectivity index (χ2n) is 6.04. The third-order valence-electron chi connectivity index (χ3n) is 4.08. The van der Waals surface area contributed by atoms with Crippen molar-refractivity contribution in [2.45, 2.75) is 45.1 Å². The van der Waals surface area contributed by atoms with Crippen molar-refractivity contribution in [3.63, 3.8) is 0 Å². The van der Waals surface area contributed by atoms with Gasteiger partial charge in [0.15, 0.2) is 0 Å². The molecule has 0 saturated heterocycles. The molecule has 0 heterocycles. The quantitative estimate of drug-likeness (QED) is 0.886. The second-order valence-corrected chi connectivity index (χ2v) is 6.84. The van der Waals surface area contributed by atoms with Crippen LogP contribution in [0.3, 0.4) is 0 Å². The van der Waals surface area contributed by atoms with Crippen molar-refractivity contribution in [2.24, 2.45) is 5.92 Å². The van der Waals surface area contributed by atoms with E-state index < -0.39 is 5.60 Å². The third-order valence-corrected chi connectivity index (χ3v) is 5.13. The van der Waals surface area contributed by atoms with E-state index in [4.69, 9.17) is 0 Å². The molecule has 0 aromatic heterocycles. The number of rotatable bonds is 3. The van der Waals surface area contributed by atoms with Crippen molar-refractivity contribution in [3.8, 4) is 0 Å². The second kappa shape index (κ2) is 6.27. The largest absolute Gasteiger partial charge is 0.388 e. The normalized spacial score (nSPS) is 26.3. The van der Waals surface area contributed by atoms with Crippen LogP contribution in [-0.4, -0.2) is 23.2 Å². The van der Waals surface area contributed by atoms with Gasteiger partial charge in [0.1, 0.15) is 0 Å².